The normalized spacial score (nSPS) is 22.9. The molecule has 1 saturated heterocycles. The average Bonchev–Trinajstić information content (AvgIpc) is 2.33. The second-order valence-electron chi connectivity index (χ2n) is 5.91. The molecule has 0 aromatic heterocycles. The van der Waals surface area contributed by atoms with Crippen LogP contribution in [0.2, 0.25) is 0 Å². The maximum atomic E-state index is 5.80. The summed E-state index contributed by atoms with van der Waals surface area (Å²) in [7, 11) is 0. The molecular weight excluding hydrogens is 212 g/mol. The van der Waals surface area contributed by atoms with Gasteiger partial charge in [-0.15, -0.1) is 0 Å². The zero-order valence-corrected chi connectivity index (χ0v) is 11.9. The molecule has 0 amide bonds. The lowest BCUT2D eigenvalue weighted by Gasteiger charge is -2.24. The predicted molar refractivity (Wildman–Crippen MR) is 72.0 cm³/mol. The van der Waals surface area contributed by atoms with Gasteiger partial charge in [0.25, 0.3) is 0 Å². The van der Waals surface area contributed by atoms with Crippen LogP contribution >= 0.6 is 0 Å². The smallest absolute Gasteiger partial charge is 0.157 e. The van der Waals surface area contributed by atoms with E-state index in [0.29, 0.717) is 5.92 Å². The fourth-order valence-electron chi connectivity index (χ4n) is 2.24. The summed E-state index contributed by atoms with van der Waals surface area (Å²) in [6, 6.07) is 0. The van der Waals surface area contributed by atoms with Crippen LogP contribution in [-0.2, 0) is 9.47 Å². The molecule has 0 aromatic carbocycles. The highest BCUT2D eigenvalue weighted by atomic mass is 16.7. The Balaban J connectivity index is 1.94. The Hall–Kier alpha value is -0.0800. The molecule has 17 heavy (non-hydrogen) atoms. The Morgan fingerprint density at radius 3 is 2.53 bits per heavy atom. The van der Waals surface area contributed by atoms with Gasteiger partial charge in [0.2, 0.25) is 0 Å². The molecule has 1 fully saturated rings. The van der Waals surface area contributed by atoms with Crippen LogP contribution < -0.4 is 0 Å². The van der Waals surface area contributed by atoms with E-state index in [9.17, 15) is 0 Å². The highest BCUT2D eigenvalue weighted by molar-refractivity contribution is 4.57. The SMILES string of the molecule is CC(C)CCCC[C@@H](C)COC1CCCCO1. The molecule has 2 heteroatoms. The van der Waals surface area contributed by atoms with E-state index >= 15 is 0 Å². The number of rotatable bonds is 8. The first-order valence-corrected chi connectivity index (χ1v) is 7.41. The molecule has 0 bridgehead atoms. The zero-order valence-electron chi connectivity index (χ0n) is 11.9. The summed E-state index contributed by atoms with van der Waals surface area (Å²) in [4.78, 5) is 0. The zero-order chi connectivity index (χ0) is 12.5. The maximum absolute atomic E-state index is 5.80. The van der Waals surface area contributed by atoms with E-state index in [1.807, 2.05) is 0 Å². The molecule has 102 valence electrons. The van der Waals surface area contributed by atoms with Gasteiger partial charge in [0.15, 0.2) is 6.29 Å². The molecule has 0 aromatic rings. The van der Waals surface area contributed by atoms with E-state index in [0.717, 1.165) is 25.6 Å². The third kappa shape index (κ3) is 7.77. The van der Waals surface area contributed by atoms with Crippen molar-refractivity contribution in [2.75, 3.05) is 13.2 Å². The Labute approximate surface area is 107 Å². The minimum absolute atomic E-state index is 0.0851. The van der Waals surface area contributed by atoms with Crippen LogP contribution in [-0.4, -0.2) is 19.5 Å². The number of hydrogen-bond acceptors (Lipinski definition) is 2. The Morgan fingerprint density at radius 2 is 1.88 bits per heavy atom. The summed E-state index contributed by atoms with van der Waals surface area (Å²) >= 11 is 0. The topological polar surface area (TPSA) is 18.5 Å². The summed E-state index contributed by atoms with van der Waals surface area (Å²) in [6.45, 7) is 8.64. The van der Waals surface area contributed by atoms with Crippen molar-refractivity contribution < 1.29 is 9.47 Å². The van der Waals surface area contributed by atoms with E-state index in [1.54, 1.807) is 0 Å². The van der Waals surface area contributed by atoms with Crippen molar-refractivity contribution in [2.24, 2.45) is 11.8 Å². The van der Waals surface area contributed by atoms with Gasteiger partial charge in [0, 0.05) is 6.61 Å². The van der Waals surface area contributed by atoms with E-state index in [1.165, 1.54) is 38.5 Å². The fraction of sp³-hybridized carbons (Fsp3) is 1.00. The minimum atomic E-state index is 0.0851. The van der Waals surface area contributed by atoms with E-state index in [4.69, 9.17) is 9.47 Å². The molecule has 2 atom stereocenters. The average molecular weight is 242 g/mol. The molecule has 1 aliphatic rings. The van der Waals surface area contributed by atoms with Crippen molar-refractivity contribution in [3.8, 4) is 0 Å². The molecule has 0 saturated carbocycles. The molecule has 1 heterocycles. The van der Waals surface area contributed by atoms with Crippen LogP contribution in [0.5, 0.6) is 0 Å². The molecule has 0 aliphatic carbocycles. The first-order valence-electron chi connectivity index (χ1n) is 7.41. The van der Waals surface area contributed by atoms with Gasteiger partial charge in [-0.1, -0.05) is 40.0 Å². The Kier molecular flexibility index (Phi) is 7.87. The minimum Gasteiger partial charge on any atom is -0.353 e. The summed E-state index contributed by atoms with van der Waals surface area (Å²) in [5, 5.41) is 0. The lowest BCUT2D eigenvalue weighted by Crippen LogP contribution is -2.24. The van der Waals surface area contributed by atoms with Crippen molar-refractivity contribution in [3.63, 3.8) is 0 Å². The largest absolute Gasteiger partial charge is 0.353 e. The summed E-state index contributed by atoms with van der Waals surface area (Å²) in [5.74, 6) is 1.52. The van der Waals surface area contributed by atoms with Crippen LogP contribution in [0, 0.1) is 11.8 Å². The van der Waals surface area contributed by atoms with Gasteiger partial charge in [-0.3, -0.25) is 0 Å². The van der Waals surface area contributed by atoms with Gasteiger partial charge in [-0.05, 0) is 37.5 Å². The van der Waals surface area contributed by atoms with Crippen LogP contribution in [0.4, 0.5) is 0 Å². The second-order valence-corrected chi connectivity index (χ2v) is 5.91. The van der Waals surface area contributed by atoms with Crippen molar-refractivity contribution in [1.29, 1.82) is 0 Å². The monoisotopic (exact) mass is 242 g/mol. The predicted octanol–water partition coefficient (Wildman–Crippen LogP) is 4.38. The first-order chi connectivity index (χ1) is 8.18. The molecule has 1 aliphatic heterocycles. The van der Waals surface area contributed by atoms with E-state index in [2.05, 4.69) is 20.8 Å². The van der Waals surface area contributed by atoms with Crippen LogP contribution in [0.3, 0.4) is 0 Å². The van der Waals surface area contributed by atoms with Crippen LogP contribution in [0.1, 0.15) is 65.7 Å². The van der Waals surface area contributed by atoms with Gasteiger partial charge >= 0.3 is 0 Å². The second kappa shape index (κ2) is 8.93. The Morgan fingerprint density at radius 1 is 1.12 bits per heavy atom. The van der Waals surface area contributed by atoms with Gasteiger partial charge in [-0.2, -0.15) is 0 Å². The van der Waals surface area contributed by atoms with E-state index in [-0.39, 0.29) is 6.29 Å². The standard InChI is InChI=1S/C15H30O2/c1-13(2)8-4-5-9-14(3)12-17-15-10-6-7-11-16-15/h13-15H,4-12H2,1-3H3/t14-,15?/m1/s1. The van der Waals surface area contributed by atoms with Gasteiger partial charge < -0.3 is 9.47 Å². The molecule has 2 nitrogen and oxygen atoms in total. The number of ether oxygens (including phenoxy) is 2. The third-order valence-corrected chi connectivity index (χ3v) is 3.43. The molecular formula is C15H30O2. The first kappa shape index (κ1) is 15.0. The Bertz CT molecular complexity index is 174. The summed E-state index contributed by atoms with van der Waals surface area (Å²) in [5.41, 5.74) is 0. The van der Waals surface area contributed by atoms with Gasteiger partial charge in [0.05, 0.1) is 6.61 Å². The van der Waals surface area contributed by atoms with Crippen molar-refractivity contribution in [3.05, 3.63) is 0 Å². The molecule has 0 radical (unpaired) electrons. The van der Waals surface area contributed by atoms with Gasteiger partial charge in [0.1, 0.15) is 0 Å². The van der Waals surface area contributed by atoms with Crippen molar-refractivity contribution >= 4 is 0 Å². The number of hydrogen-bond donors (Lipinski definition) is 0. The molecule has 1 unspecified atom stereocenters. The molecule has 1 rings (SSSR count). The van der Waals surface area contributed by atoms with Crippen molar-refractivity contribution in [1.82, 2.24) is 0 Å². The van der Waals surface area contributed by atoms with Crippen molar-refractivity contribution in [2.45, 2.75) is 72.0 Å². The highest BCUT2D eigenvalue weighted by Gasteiger charge is 2.15. The fourth-order valence-corrected chi connectivity index (χ4v) is 2.24. The lowest BCUT2D eigenvalue weighted by atomic mass is 10.0. The summed E-state index contributed by atoms with van der Waals surface area (Å²) < 4.78 is 11.4. The van der Waals surface area contributed by atoms with Crippen LogP contribution in [0.25, 0.3) is 0 Å². The van der Waals surface area contributed by atoms with E-state index < -0.39 is 0 Å². The summed E-state index contributed by atoms with van der Waals surface area (Å²) in [6.07, 6.45) is 8.98. The molecule has 0 spiro atoms. The molecule has 0 N–H and O–H groups in total. The highest BCUT2D eigenvalue weighted by Crippen LogP contribution is 2.17. The quantitative estimate of drug-likeness (QED) is 0.588. The third-order valence-electron chi connectivity index (χ3n) is 3.43. The lowest BCUT2D eigenvalue weighted by molar-refractivity contribution is -0.168. The number of unbranched alkanes of at least 4 members (excludes halogenated alkanes) is 1. The maximum Gasteiger partial charge on any atom is 0.157 e. The van der Waals surface area contributed by atoms with Crippen LogP contribution in [0.15, 0.2) is 0 Å². The van der Waals surface area contributed by atoms with Gasteiger partial charge in [-0.25, -0.2) is 0 Å².